The van der Waals surface area contributed by atoms with Gasteiger partial charge in [-0.2, -0.15) is 0 Å². The first-order valence-electron chi connectivity index (χ1n) is 6.87. The molecule has 0 unspecified atom stereocenters. The van der Waals surface area contributed by atoms with E-state index in [1.807, 2.05) is 0 Å². The van der Waals surface area contributed by atoms with E-state index >= 15 is 0 Å². The summed E-state index contributed by atoms with van der Waals surface area (Å²) in [5, 5.41) is 56.0. The van der Waals surface area contributed by atoms with Gasteiger partial charge in [0.15, 0.2) is 11.5 Å². The molecule has 14 nitrogen and oxygen atoms in total. The molecule has 0 spiro atoms. The quantitative estimate of drug-likeness (QED) is 0.184. The number of carboxylic acid groups (broad SMARTS) is 2. The summed E-state index contributed by atoms with van der Waals surface area (Å²) in [5.74, 6) is -4.28. The number of carboxylic acids is 2. The number of non-ortho nitro benzene ring substituents is 2. The van der Waals surface area contributed by atoms with Crippen LogP contribution in [0.4, 0.5) is 22.7 Å². The zero-order chi connectivity index (χ0) is 21.8. The van der Waals surface area contributed by atoms with E-state index in [0.717, 1.165) is 24.3 Å². The zero-order valence-corrected chi connectivity index (χ0v) is 13.6. The van der Waals surface area contributed by atoms with Gasteiger partial charge in [0.05, 0.1) is 21.2 Å². The number of hydrogen-bond donors (Lipinski definition) is 6. The van der Waals surface area contributed by atoms with Crippen molar-refractivity contribution in [2.75, 3.05) is 11.5 Å². The lowest BCUT2D eigenvalue weighted by Gasteiger charge is -2.02. The van der Waals surface area contributed by atoms with Crippen LogP contribution in [0.5, 0.6) is 11.5 Å². The Morgan fingerprint density at radius 2 is 1.04 bits per heavy atom. The number of anilines is 2. The number of nitrogen functional groups attached to an aromatic ring is 2. The van der Waals surface area contributed by atoms with Crippen LogP contribution >= 0.6 is 0 Å². The van der Waals surface area contributed by atoms with E-state index in [-0.39, 0.29) is 11.4 Å². The number of aromatic hydroxyl groups is 2. The van der Waals surface area contributed by atoms with Gasteiger partial charge in [0, 0.05) is 24.3 Å². The third-order valence-corrected chi connectivity index (χ3v) is 3.13. The molecule has 0 atom stereocenters. The van der Waals surface area contributed by atoms with Crippen LogP contribution < -0.4 is 11.5 Å². The summed E-state index contributed by atoms with van der Waals surface area (Å²) < 4.78 is 0. The average molecular weight is 396 g/mol. The fourth-order valence-electron chi connectivity index (χ4n) is 1.82. The maximum atomic E-state index is 10.5. The lowest BCUT2D eigenvalue weighted by molar-refractivity contribution is -0.385. The summed E-state index contributed by atoms with van der Waals surface area (Å²) in [6.07, 6.45) is 0. The van der Waals surface area contributed by atoms with Crippen LogP contribution in [-0.4, -0.2) is 42.2 Å². The van der Waals surface area contributed by atoms with Crippen molar-refractivity contribution in [2.24, 2.45) is 0 Å². The predicted molar refractivity (Wildman–Crippen MR) is 92.3 cm³/mol. The minimum absolute atomic E-state index is 0.336. The van der Waals surface area contributed by atoms with Gasteiger partial charge in [-0.3, -0.25) is 20.2 Å². The minimum Gasteiger partial charge on any atom is -0.505 e. The highest BCUT2D eigenvalue weighted by Crippen LogP contribution is 2.31. The predicted octanol–water partition coefficient (Wildman–Crippen LogP) is 1.16. The van der Waals surface area contributed by atoms with Crippen LogP contribution in [0, 0.1) is 20.2 Å². The van der Waals surface area contributed by atoms with Gasteiger partial charge in [-0.15, -0.1) is 0 Å². The maximum absolute atomic E-state index is 10.5. The van der Waals surface area contributed by atoms with Crippen LogP contribution in [0.15, 0.2) is 24.3 Å². The van der Waals surface area contributed by atoms with Gasteiger partial charge in [0.25, 0.3) is 11.4 Å². The molecule has 2 rings (SSSR count). The highest BCUT2D eigenvalue weighted by molar-refractivity contribution is 5.94. The molecular formula is C14H12N4O10. The Morgan fingerprint density at radius 1 is 0.750 bits per heavy atom. The number of phenols is 2. The summed E-state index contributed by atoms with van der Waals surface area (Å²) in [6.45, 7) is 0. The van der Waals surface area contributed by atoms with Crippen LogP contribution in [-0.2, 0) is 0 Å². The van der Waals surface area contributed by atoms with Crippen LogP contribution in [0.25, 0.3) is 0 Å². The van der Waals surface area contributed by atoms with Gasteiger partial charge in [-0.25, -0.2) is 9.59 Å². The molecule has 0 aromatic heterocycles. The van der Waals surface area contributed by atoms with Crippen LogP contribution in [0.1, 0.15) is 20.7 Å². The zero-order valence-electron chi connectivity index (χ0n) is 13.6. The first kappa shape index (κ1) is 21.4. The number of nitrogens with two attached hydrogens (primary N) is 2. The van der Waals surface area contributed by atoms with Gasteiger partial charge in [0.2, 0.25) is 0 Å². The largest absolute Gasteiger partial charge is 0.505 e. The van der Waals surface area contributed by atoms with Crippen molar-refractivity contribution in [1.29, 1.82) is 0 Å². The Bertz CT molecular complexity index is 909. The Labute approximate surface area is 154 Å². The Kier molecular flexibility index (Phi) is 6.25. The van der Waals surface area contributed by atoms with Gasteiger partial charge in [0.1, 0.15) is 11.1 Å². The van der Waals surface area contributed by atoms with Crippen molar-refractivity contribution in [3.63, 3.8) is 0 Å². The number of carbonyl (C=O) groups is 2. The smallest absolute Gasteiger partial charge is 0.339 e. The second-order valence-electron chi connectivity index (χ2n) is 4.99. The molecule has 2 aromatic carbocycles. The number of benzene rings is 2. The molecule has 0 saturated heterocycles. The number of aromatic carboxylic acids is 2. The topological polar surface area (TPSA) is 253 Å². The highest BCUT2D eigenvalue weighted by Gasteiger charge is 2.19. The molecule has 0 aliphatic carbocycles. The molecule has 0 aliphatic rings. The minimum atomic E-state index is -1.47. The Hall–Kier alpha value is -4.62. The molecular weight excluding hydrogens is 384 g/mol. The van der Waals surface area contributed by atoms with Crippen molar-refractivity contribution in [2.45, 2.75) is 0 Å². The standard InChI is InChI=1S/2C7H6N2O5/c2*8-5-2-3(9(13)14)1-4(6(5)10)7(11)12/h2*1-2,10H,8H2,(H,11,12). The molecule has 0 saturated carbocycles. The van der Waals surface area contributed by atoms with E-state index in [1.165, 1.54) is 0 Å². The SMILES string of the molecule is Nc1cc([N+](=O)[O-])cc(C(=O)O)c1O.Nc1cc([N+](=O)[O-])cc(C(=O)O)c1O. The van der Waals surface area contributed by atoms with Crippen molar-refractivity contribution in [1.82, 2.24) is 0 Å². The second-order valence-corrected chi connectivity index (χ2v) is 4.99. The molecule has 0 fully saturated rings. The van der Waals surface area contributed by atoms with Gasteiger partial charge < -0.3 is 31.9 Å². The molecule has 0 bridgehead atoms. The normalized spacial score (nSPS) is 9.71. The molecule has 8 N–H and O–H groups in total. The molecule has 148 valence electrons. The Morgan fingerprint density at radius 3 is 1.25 bits per heavy atom. The van der Waals surface area contributed by atoms with E-state index in [0.29, 0.717) is 0 Å². The lowest BCUT2D eigenvalue weighted by Crippen LogP contribution is -2.01. The van der Waals surface area contributed by atoms with E-state index < -0.39 is 55.8 Å². The van der Waals surface area contributed by atoms with Gasteiger partial charge in [-0.05, 0) is 0 Å². The fourth-order valence-corrected chi connectivity index (χ4v) is 1.82. The van der Waals surface area contributed by atoms with E-state index in [2.05, 4.69) is 0 Å². The summed E-state index contributed by atoms with van der Waals surface area (Å²) in [4.78, 5) is 40.1. The van der Waals surface area contributed by atoms with Crippen molar-refractivity contribution in [3.8, 4) is 11.5 Å². The van der Waals surface area contributed by atoms with E-state index in [1.54, 1.807) is 0 Å². The van der Waals surface area contributed by atoms with Crippen LogP contribution in [0.3, 0.4) is 0 Å². The first-order chi connectivity index (χ1) is 12.9. The maximum Gasteiger partial charge on any atom is 0.339 e. The van der Waals surface area contributed by atoms with Gasteiger partial charge in [-0.1, -0.05) is 0 Å². The summed E-state index contributed by atoms with van der Waals surface area (Å²) >= 11 is 0. The molecule has 28 heavy (non-hydrogen) atoms. The summed E-state index contributed by atoms with van der Waals surface area (Å²) in [6, 6.07) is 3.27. The van der Waals surface area contributed by atoms with Crippen molar-refractivity contribution in [3.05, 3.63) is 55.6 Å². The highest BCUT2D eigenvalue weighted by atomic mass is 16.6. The number of hydrogen-bond acceptors (Lipinski definition) is 10. The molecule has 0 radical (unpaired) electrons. The summed E-state index contributed by atoms with van der Waals surface area (Å²) in [5.41, 5.74) is 7.56. The fraction of sp³-hybridized carbons (Fsp3) is 0. The molecule has 0 aliphatic heterocycles. The molecule has 2 aromatic rings. The van der Waals surface area contributed by atoms with E-state index in [9.17, 15) is 29.8 Å². The second kappa shape index (κ2) is 8.17. The molecule has 14 heteroatoms. The number of nitrogens with zero attached hydrogens (tertiary/aromatic N) is 2. The molecule has 0 amide bonds. The number of nitro groups is 2. The lowest BCUT2D eigenvalue weighted by atomic mass is 10.1. The third kappa shape index (κ3) is 4.72. The van der Waals surface area contributed by atoms with Crippen molar-refractivity contribution < 1.29 is 39.9 Å². The van der Waals surface area contributed by atoms with Crippen molar-refractivity contribution >= 4 is 34.7 Å². The monoisotopic (exact) mass is 396 g/mol. The number of nitro benzene ring substituents is 2. The third-order valence-electron chi connectivity index (χ3n) is 3.13. The summed E-state index contributed by atoms with van der Waals surface area (Å²) in [7, 11) is 0. The van der Waals surface area contributed by atoms with Gasteiger partial charge >= 0.3 is 11.9 Å². The number of rotatable bonds is 4. The first-order valence-corrected chi connectivity index (χ1v) is 6.87. The Balaban J connectivity index is 0.000000280. The average Bonchev–Trinajstić information content (AvgIpc) is 2.59. The van der Waals surface area contributed by atoms with Crippen LogP contribution in [0.2, 0.25) is 0 Å². The molecule has 0 heterocycles. The van der Waals surface area contributed by atoms with E-state index in [4.69, 9.17) is 31.9 Å².